The molecule has 0 aliphatic heterocycles. The molecule has 0 saturated carbocycles. The summed E-state index contributed by atoms with van der Waals surface area (Å²) in [4.78, 5) is 0. The largest absolute Gasteiger partial charge is 0.380 e. The van der Waals surface area contributed by atoms with Gasteiger partial charge in [0.15, 0.2) is 11.6 Å². The molecule has 0 atom stereocenters. The van der Waals surface area contributed by atoms with Crippen LogP contribution in [0, 0.1) is 8.99 Å². The van der Waals surface area contributed by atoms with Gasteiger partial charge >= 0.3 is 0 Å². The van der Waals surface area contributed by atoms with Crippen molar-refractivity contribution in [1.29, 1.82) is 0 Å². The average molecular weight is 308 g/mol. The highest BCUT2D eigenvalue weighted by atomic mass is 127. The maximum Gasteiger partial charge on any atom is 0.180 e. The summed E-state index contributed by atoms with van der Waals surface area (Å²) in [6, 6.07) is 0. The quantitative estimate of drug-likeness (QED) is 0.811. The lowest BCUT2D eigenvalue weighted by atomic mass is 9.68. The van der Waals surface area contributed by atoms with Crippen molar-refractivity contribution in [3.63, 3.8) is 0 Å². The standard InChI is InChI=1S/C10H17IN2O/c1-9(2,3)10(4,5)7-6(11)8(12)13-14-7/h1-5H3,(H2,12,13). The minimum absolute atomic E-state index is 0.0753. The van der Waals surface area contributed by atoms with E-state index in [4.69, 9.17) is 10.3 Å². The first kappa shape index (κ1) is 11.8. The van der Waals surface area contributed by atoms with Gasteiger partial charge in [-0.1, -0.05) is 39.8 Å². The van der Waals surface area contributed by atoms with Crippen molar-refractivity contribution in [2.45, 2.75) is 40.0 Å². The highest BCUT2D eigenvalue weighted by Crippen LogP contribution is 2.43. The van der Waals surface area contributed by atoms with Crippen molar-refractivity contribution in [3.05, 3.63) is 9.33 Å². The summed E-state index contributed by atoms with van der Waals surface area (Å²) < 4.78 is 6.24. The van der Waals surface area contributed by atoms with Crippen LogP contribution in [0.5, 0.6) is 0 Å². The number of hydrogen-bond acceptors (Lipinski definition) is 3. The highest BCUT2D eigenvalue weighted by molar-refractivity contribution is 14.1. The molecule has 80 valence electrons. The summed E-state index contributed by atoms with van der Waals surface area (Å²) in [6.07, 6.45) is 0. The zero-order chi connectivity index (χ0) is 11.1. The van der Waals surface area contributed by atoms with Crippen molar-refractivity contribution in [3.8, 4) is 0 Å². The van der Waals surface area contributed by atoms with Crippen LogP contribution in [0.25, 0.3) is 0 Å². The first-order chi connectivity index (χ1) is 6.18. The molecule has 0 amide bonds. The second-order valence-corrected chi connectivity index (χ2v) is 6.16. The molecule has 4 heteroatoms. The molecule has 0 spiro atoms. The Labute approximate surface area is 98.6 Å². The highest BCUT2D eigenvalue weighted by Gasteiger charge is 2.39. The molecule has 0 saturated heterocycles. The minimum atomic E-state index is -0.0753. The van der Waals surface area contributed by atoms with E-state index in [1.807, 2.05) is 0 Å². The van der Waals surface area contributed by atoms with Crippen molar-refractivity contribution in [2.24, 2.45) is 5.41 Å². The summed E-state index contributed by atoms with van der Waals surface area (Å²) in [7, 11) is 0. The number of hydrogen-bond donors (Lipinski definition) is 1. The van der Waals surface area contributed by atoms with Crippen molar-refractivity contribution in [2.75, 3.05) is 5.73 Å². The Hall–Kier alpha value is -0.260. The maximum atomic E-state index is 5.67. The number of halogens is 1. The van der Waals surface area contributed by atoms with Gasteiger partial charge < -0.3 is 10.3 Å². The van der Waals surface area contributed by atoms with E-state index in [0.29, 0.717) is 5.82 Å². The number of aromatic nitrogens is 1. The Balaban J connectivity index is 3.23. The Morgan fingerprint density at radius 3 is 2.00 bits per heavy atom. The zero-order valence-electron chi connectivity index (χ0n) is 9.31. The second kappa shape index (κ2) is 3.40. The van der Waals surface area contributed by atoms with Crippen molar-refractivity contribution < 1.29 is 4.52 Å². The molecule has 0 radical (unpaired) electrons. The summed E-state index contributed by atoms with van der Waals surface area (Å²) in [5.41, 5.74) is 5.70. The first-order valence-corrected chi connectivity index (χ1v) is 5.67. The fraction of sp³-hybridized carbons (Fsp3) is 0.700. The summed E-state index contributed by atoms with van der Waals surface area (Å²) in [5, 5.41) is 3.79. The van der Waals surface area contributed by atoms with Gasteiger partial charge in [0.1, 0.15) is 3.57 Å². The molecule has 3 nitrogen and oxygen atoms in total. The number of rotatable bonds is 1. The topological polar surface area (TPSA) is 52.0 Å². The van der Waals surface area contributed by atoms with Crippen LogP contribution in [0.3, 0.4) is 0 Å². The number of anilines is 1. The van der Waals surface area contributed by atoms with E-state index in [2.05, 4.69) is 62.4 Å². The van der Waals surface area contributed by atoms with Crippen LogP contribution in [-0.2, 0) is 5.41 Å². The summed E-state index contributed by atoms with van der Waals surface area (Å²) >= 11 is 2.18. The van der Waals surface area contributed by atoms with Gasteiger partial charge in [-0.05, 0) is 28.0 Å². The van der Waals surface area contributed by atoms with Gasteiger partial charge in [-0.25, -0.2) is 0 Å². The van der Waals surface area contributed by atoms with E-state index in [1.54, 1.807) is 0 Å². The van der Waals surface area contributed by atoms with Gasteiger partial charge in [0, 0.05) is 5.41 Å². The third kappa shape index (κ3) is 1.76. The molecule has 0 aliphatic carbocycles. The van der Waals surface area contributed by atoms with E-state index < -0.39 is 0 Å². The molecule has 1 aromatic heterocycles. The molecule has 0 fully saturated rings. The van der Waals surface area contributed by atoms with Crippen LogP contribution in [0.15, 0.2) is 4.52 Å². The molecule has 0 aromatic carbocycles. The van der Waals surface area contributed by atoms with Crippen LogP contribution in [-0.4, -0.2) is 5.16 Å². The number of nitrogen functional groups attached to an aromatic ring is 1. The monoisotopic (exact) mass is 308 g/mol. The normalized spacial score (nSPS) is 13.3. The van der Waals surface area contributed by atoms with Crippen LogP contribution < -0.4 is 5.73 Å². The third-order valence-corrected chi connectivity index (χ3v) is 4.14. The van der Waals surface area contributed by atoms with Gasteiger partial charge in [0.2, 0.25) is 0 Å². The fourth-order valence-electron chi connectivity index (χ4n) is 1.02. The van der Waals surface area contributed by atoms with Crippen LogP contribution >= 0.6 is 22.6 Å². The SMILES string of the molecule is CC(C)(C)C(C)(C)c1onc(N)c1I. The minimum Gasteiger partial charge on any atom is -0.380 e. The lowest BCUT2D eigenvalue weighted by molar-refractivity contribution is 0.174. The Kier molecular flexibility index (Phi) is 2.87. The van der Waals surface area contributed by atoms with Gasteiger partial charge in [0.25, 0.3) is 0 Å². The molecule has 14 heavy (non-hydrogen) atoms. The molecule has 2 N–H and O–H groups in total. The van der Waals surface area contributed by atoms with Crippen LogP contribution in [0.2, 0.25) is 0 Å². The molecular weight excluding hydrogens is 291 g/mol. The fourth-order valence-corrected chi connectivity index (χ4v) is 1.89. The Bertz CT molecular complexity index is 336. The van der Waals surface area contributed by atoms with Gasteiger partial charge in [-0.3, -0.25) is 0 Å². The van der Waals surface area contributed by atoms with E-state index in [9.17, 15) is 0 Å². The molecular formula is C10H17IN2O. The number of nitrogens with two attached hydrogens (primary N) is 1. The van der Waals surface area contributed by atoms with Gasteiger partial charge in [-0.15, -0.1) is 0 Å². The van der Waals surface area contributed by atoms with E-state index in [1.165, 1.54) is 0 Å². The molecule has 0 aliphatic rings. The summed E-state index contributed by atoms with van der Waals surface area (Å²) in [5.74, 6) is 1.36. The van der Waals surface area contributed by atoms with E-state index in [-0.39, 0.29) is 10.8 Å². The first-order valence-electron chi connectivity index (χ1n) is 4.59. The second-order valence-electron chi connectivity index (χ2n) is 5.09. The molecule has 0 bridgehead atoms. The Morgan fingerprint density at radius 1 is 1.21 bits per heavy atom. The zero-order valence-corrected chi connectivity index (χ0v) is 11.5. The van der Waals surface area contributed by atoms with Crippen molar-refractivity contribution in [1.82, 2.24) is 5.16 Å². The van der Waals surface area contributed by atoms with Crippen LogP contribution in [0.4, 0.5) is 5.82 Å². The molecule has 1 heterocycles. The lowest BCUT2D eigenvalue weighted by Crippen LogP contribution is -2.34. The van der Waals surface area contributed by atoms with E-state index in [0.717, 1.165) is 9.33 Å². The smallest absolute Gasteiger partial charge is 0.180 e. The number of nitrogens with zero attached hydrogens (tertiary/aromatic N) is 1. The summed E-state index contributed by atoms with van der Waals surface area (Å²) in [6.45, 7) is 10.8. The maximum absolute atomic E-state index is 5.67. The van der Waals surface area contributed by atoms with Gasteiger partial charge in [0.05, 0.1) is 0 Å². The van der Waals surface area contributed by atoms with E-state index >= 15 is 0 Å². The van der Waals surface area contributed by atoms with Gasteiger partial charge in [-0.2, -0.15) is 0 Å². The predicted octanol–water partition coefficient (Wildman–Crippen LogP) is 3.19. The predicted molar refractivity (Wildman–Crippen MR) is 66.1 cm³/mol. The Morgan fingerprint density at radius 2 is 1.71 bits per heavy atom. The van der Waals surface area contributed by atoms with Crippen molar-refractivity contribution >= 4 is 28.4 Å². The average Bonchev–Trinajstić information content (AvgIpc) is 2.30. The lowest BCUT2D eigenvalue weighted by Gasteiger charge is -2.36. The van der Waals surface area contributed by atoms with Crippen LogP contribution in [0.1, 0.15) is 40.4 Å². The molecule has 1 aromatic rings. The molecule has 1 rings (SSSR count). The molecule has 0 unspecified atom stereocenters. The third-order valence-electron chi connectivity index (χ3n) is 3.10.